The highest BCUT2D eigenvalue weighted by atomic mass is 35.5. The number of carbonyl (C=O) groups excluding carboxylic acids is 3. The maximum Gasteiger partial charge on any atom is 0.262 e. The van der Waals surface area contributed by atoms with Crippen LogP contribution in [-0.2, 0) is 4.79 Å². The van der Waals surface area contributed by atoms with Gasteiger partial charge in [0.25, 0.3) is 11.8 Å². The molecule has 0 aliphatic carbocycles. The number of hydrogen-bond acceptors (Lipinski definition) is 6. The summed E-state index contributed by atoms with van der Waals surface area (Å²) in [7, 11) is 3.85. The second kappa shape index (κ2) is 9.13. The van der Waals surface area contributed by atoms with Gasteiger partial charge in [0, 0.05) is 13.1 Å². The van der Waals surface area contributed by atoms with Gasteiger partial charge in [-0.2, -0.15) is 0 Å². The molecule has 2 aromatic carbocycles. The minimum absolute atomic E-state index is 0. The third-order valence-electron chi connectivity index (χ3n) is 5.01. The maximum atomic E-state index is 13.2. The highest BCUT2D eigenvalue weighted by Gasteiger charge is 2.37. The van der Waals surface area contributed by atoms with Crippen LogP contribution in [0.1, 0.15) is 26.3 Å². The summed E-state index contributed by atoms with van der Waals surface area (Å²) in [5, 5.41) is 0.569. The number of likely N-dealkylation sites (N-methyl/N-ethyl adjacent to an activating group) is 1. The number of imide groups is 1. The molecule has 4 rings (SSSR count). The maximum absolute atomic E-state index is 13.2. The van der Waals surface area contributed by atoms with E-state index in [0.717, 1.165) is 20.7 Å². The molecule has 0 radical (unpaired) electrons. The third kappa shape index (κ3) is 4.46. The molecule has 0 fully saturated rings. The molecule has 9 heteroatoms. The standard InChI is InChI=1S/C22H22N4O3S.ClH/c1-14-8-9-17-18(12-14)30-22(23-17)25(11-10-24(2)3)19(27)13-26-20(28)15-6-4-5-7-16(15)21(26)29;/h4-9,12H,10-11,13H2,1-3H3;1H. The predicted molar refractivity (Wildman–Crippen MR) is 124 cm³/mol. The summed E-state index contributed by atoms with van der Waals surface area (Å²) < 4.78 is 0.994. The molecule has 0 unspecified atom stereocenters. The quantitative estimate of drug-likeness (QED) is 0.530. The zero-order valence-corrected chi connectivity index (χ0v) is 19.1. The van der Waals surface area contributed by atoms with Crippen LogP contribution >= 0.6 is 23.7 Å². The van der Waals surface area contributed by atoms with E-state index in [1.54, 1.807) is 29.2 Å². The fraction of sp³-hybridized carbons (Fsp3) is 0.273. The van der Waals surface area contributed by atoms with E-state index in [9.17, 15) is 14.4 Å². The largest absolute Gasteiger partial charge is 0.308 e. The highest BCUT2D eigenvalue weighted by Crippen LogP contribution is 2.30. The molecule has 1 aliphatic heterocycles. The van der Waals surface area contributed by atoms with Crippen LogP contribution in [0.2, 0.25) is 0 Å². The van der Waals surface area contributed by atoms with E-state index in [1.165, 1.54) is 11.3 Å². The Morgan fingerprint density at radius 1 is 1.03 bits per heavy atom. The number of fused-ring (bicyclic) bond motifs is 2. The summed E-state index contributed by atoms with van der Waals surface area (Å²) in [5.41, 5.74) is 2.62. The number of halogens is 1. The molecule has 3 amide bonds. The van der Waals surface area contributed by atoms with Crippen LogP contribution in [0.4, 0.5) is 5.13 Å². The molecule has 1 aromatic heterocycles. The van der Waals surface area contributed by atoms with E-state index < -0.39 is 11.8 Å². The molecule has 0 bridgehead atoms. The Morgan fingerprint density at radius 2 is 1.68 bits per heavy atom. The van der Waals surface area contributed by atoms with E-state index >= 15 is 0 Å². The van der Waals surface area contributed by atoms with Crippen LogP contribution in [0, 0.1) is 6.92 Å². The van der Waals surface area contributed by atoms with E-state index in [0.29, 0.717) is 29.3 Å². The van der Waals surface area contributed by atoms with Crippen LogP contribution in [0.3, 0.4) is 0 Å². The molecule has 2 heterocycles. The normalized spacial score (nSPS) is 13.0. The smallest absolute Gasteiger partial charge is 0.262 e. The SMILES string of the molecule is Cc1ccc2nc(N(CCN(C)C)C(=O)CN3C(=O)c4ccccc4C3=O)sc2c1.Cl. The van der Waals surface area contributed by atoms with E-state index in [4.69, 9.17) is 0 Å². The number of aryl methyl sites for hydroxylation is 1. The molecule has 0 saturated carbocycles. The monoisotopic (exact) mass is 458 g/mol. The summed E-state index contributed by atoms with van der Waals surface area (Å²) in [4.78, 5) is 47.7. The van der Waals surface area contributed by atoms with Gasteiger partial charge < -0.3 is 4.90 Å². The van der Waals surface area contributed by atoms with Crippen molar-refractivity contribution >= 4 is 56.8 Å². The highest BCUT2D eigenvalue weighted by molar-refractivity contribution is 7.22. The van der Waals surface area contributed by atoms with Crippen molar-refractivity contribution < 1.29 is 14.4 Å². The molecular weight excluding hydrogens is 436 g/mol. The first kappa shape index (κ1) is 22.9. The van der Waals surface area contributed by atoms with Crippen LogP contribution in [0.15, 0.2) is 42.5 Å². The summed E-state index contributed by atoms with van der Waals surface area (Å²) in [6.45, 7) is 2.74. The number of carbonyl (C=O) groups is 3. The van der Waals surface area contributed by atoms with Gasteiger partial charge in [-0.25, -0.2) is 4.98 Å². The lowest BCUT2D eigenvalue weighted by atomic mass is 10.1. The molecular formula is C22H23ClN4O3S. The fourth-order valence-electron chi connectivity index (χ4n) is 3.37. The molecule has 7 nitrogen and oxygen atoms in total. The van der Waals surface area contributed by atoms with Gasteiger partial charge in [-0.3, -0.25) is 24.2 Å². The van der Waals surface area contributed by atoms with Crippen LogP contribution in [0.25, 0.3) is 10.2 Å². The first-order valence-electron chi connectivity index (χ1n) is 9.62. The Balaban J connectivity index is 0.00000272. The molecule has 0 N–H and O–H groups in total. The van der Waals surface area contributed by atoms with Crippen molar-refractivity contribution in [2.45, 2.75) is 6.92 Å². The Hall–Kier alpha value is -2.81. The molecule has 0 spiro atoms. The number of anilines is 1. The lowest BCUT2D eigenvalue weighted by molar-refractivity contribution is -0.119. The summed E-state index contributed by atoms with van der Waals surface area (Å²) >= 11 is 1.43. The molecule has 3 aromatic rings. The summed E-state index contributed by atoms with van der Waals surface area (Å²) in [5.74, 6) is -1.20. The average molecular weight is 459 g/mol. The lowest BCUT2D eigenvalue weighted by Crippen LogP contribution is -2.45. The van der Waals surface area contributed by atoms with Crippen molar-refractivity contribution in [2.24, 2.45) is 0 Å². The number of rotatable bonds is 6. The first-order valence-corrected chi connectivity index (χ1v) is 10.4. The number of nitrogens with zero attached hydrogens (tertiary/aromatic N) is 4. The van der Waals surface area contributed by atoms with Crippen molar-refractivity contribution in [1.29, 1.82) is 0 Å². The molecule has 0 atom stereocenters. The van der Waals surface area contributed by atoms with Gasteiger partial charge in [0.15, 0.2) is 5.13 Å². The Bertz CT molecular complexity index is 1130. The fourth-order valence-corrected chi connectivity index (χ4v) is 4.47. The Labute approximate surface area is 190 Å². The second-order valence-electron chi connectivity index (χ2n) is 7.56. The second-order valence-corrected chi connectivity index (χ2v) is 8.57. The molecule has 162 valence electrons. The topological polar surface area (TPSA) is 73.8 Å². The Morgan fingerprint density at radius 3 is 2.29 bits per heavy atom. The van der Waals surface area contributed by atoms with Crippen molar-refractivity contribution in [2.75, 3.05) is 38.6 Å². The minimum Gasteiger partial charge on any atom is -0.308 e. The van der Waals surface area contributed by atoms with Crippen molar-refractivity contribution in [3.8, 4) is 0 Å². The minimum atomic E-state index is -0.434. The van der Waals surface area contributed by atoms with Gasteiger partial charge in [-0.15, -0.1) is 12.4 Å². The van der Waals surface area contributed by atoms with Gasteiger partial charge in [0.2, 0.25) is 5.91 Å². The van der Waals surface area contributed by atoms with Crippen LogP contribution < -0.4 is 4.90 Å². The van der Waals surface area contributed by atoms with Crippen LogP contribution in [0.5, 0.6) is 0 Å². The van der Waals surface area contributed by atoms with Crippen LogP contribution in [-0.4, -0.2) is 66.2 Å². The summed E-state index contributed by atoms with van der Waals surface area (Å²) in [6.07, 6.45) is 0. The lowest BCUT2D eigenvalue weighted by Gasteiger charge is -2.24. The number of aromatic nitrogens is 1. The number of benzene rings is 2. The van der Waals surface area contributed by atoms with E-state index in [-0.39, 0.29) is 24.9 Å². The third-order valence-corrected chi connectivity index (χ3v) is 6.05. The predicted octanol–water partition coefficient (Wildman–Crippen LogP) is 3.22. The molecule has 31 heavy (non-hydrogen) atoms. The average Bonchev–Trinajstić information content (AvgIpc) is 3.22. The van der Waals surface area contributed by atoms with Gasteiger partial charge in [-0.1, -0.05) is 29.5 Å². The zero-order valence-electron chi connectivity index (χ0n) is 17.5. The number of hydrogen-bond donors (Lipinski definition) is 0. The molecule has 0 saturated heterocycles. The van der Waals surface area contributed by atoms with Gasteiger partial charge >= 0.3 is 0 Å². The number of amides is 3. The van der Waals surface area contributed by atoms with Crippen molar-refractivity contribution in [3.63, 3.8) is 0 Å². The zero-order chi connectivity index (χ0) is 21.4. The first-order chi connectivity index (χ1) is 14.3. The van der Waals surface area contributed by atoms with Gasteiger partial charge in [0.1, 0.15) is 6.54 Å². The van der Waals surface area contributed by atoms with Crippen molar-refractivity contribution in [1.82, 2.24) is 14.8 Å². The molecule has 1 aliphatic rings. The summed E-state index contributed by atoms with van der Waals surface area (Å²) in [6, 6.07) is 12.6. The van der Waals surface area contributed by atoms with Gasteiger partial charge in [0.05, 0.1) is 21.3 Å². The van der Waals surface area contributed by atoms with Gasteiger partial charge in [-0.05, 0) is 50.8 Å². The van der Waals surface area contributed by atoms with E-state index in [2.05, 4.69) is 4.98 Å². The van der Waals surface area contributed by atoms with E-state index in [1.807, 2.05) is 44.1 Å². The number of thiazole rings is 1. The Kier molecular flexibility index (Phi) is 6.74. The van der Waals surface area contributed by atoms with Crippen molar-refractivity contribution in [3.05, 3.63) is 59.2 Å².